The minimum Gasteiger partial charge on any atom is -0.457 e. The Morgan fingerprint density at radius 1 is 0.711 bits per heavy atom. The van der Waals surface area contributed by atoms with Crippen molar-refractivity contribution in [2.24, 2.45) is 0 Å². The summed E-state index contributed by atoms with van der Waals surface area (Å²) >= 11 is 0. The normalized spacial score (nSPS) is 11.9. The summed E-state index contributed by atoms with van der Waals surface area (Å²) in [7, 11) is -3.83. The van der Waals surface area contributed by atoms with E-state index in [1.54, 1.807) is 36.4 Å². The van der Waals surface area contributed by atoms with E-state index >= 15 is 0 Å². The summed E-state index contributed by atoms with van der Waals surface area (Å²) in [6.45, 7) is 0.136. The van der Waals surface area contributed by atoms with Gasteiger partial charge >= 0.3 is 6.18 Å². The van der Waals surface area contributed by atoms with E-state index in [1.807, 2.05) is 66.7 Å². The van der Waals surface area contributed by atoms with E-state index in [0.29, 0.717) is 28.7 Å². The molecule has 0 fully saturated rings. The molecule has 0 unspecified atom stereocenters. The summed E-state index contributed by atoms with van der Waals surface area (Å²) < 4.78 is 76.6. The number of nitrogens with one attached hydrogen (secondary N) is 1. The molecule has 9 heteroatoms. The van der Waals surface area contributed by atoms with E-state index in [2.05, 4.69) is 9.71 Å². The molecular weight excluding hydrogens is 597 g/mol. The van der Waals surface area contributed by atoms with E-state index in [1.165, 1.54) is 24.4 Å². The number of para-hydroxylation sites is 1. The maximum absolute atomic E-state index is 13.9. The molecule has 1 N–H and O–H groups in total. The highest BCUT2D eigenvalue weighted by molar-refractivity contribution is 7.89. The van der Waals surface area contributed by atoms with Gasteiger partial charge in [-0.1, -0.05) is 91.0 Å². The summed E-state index contributed by atoms with van der Waals surface area (Å²) in [4.78, 5) is 4.31. The molecule has 0 aliphatic carbocycles. The number of hydrogen-bond acceptors (Lipinski definition) is 4. The van der Waals surface area contributed by atoms with Gasteiger partial charge in [-0.3, -0.25) is 4.98 Å². The third-order valence-corrected chi connectivity index (χ3v) is 8.70. The highest BCUT2D eigenvalue weighted by atomic mass is 32.2. The number of ether oxygens (including phenoxy) is 1. The molecular formula is C36H27F3N2O3S. The zero-order chi connectivity index (χ0) is 31.4. The summed E-state index contributed by atoms with van der Waals surface area (Å²) in [5.41, 5.74) is 2.87. The van der Waals surface area contributed by atoms with Crippen LogP contribution in [-0.4, -0.2) is 13.4 Å². The topological polar surface area (TPSA) is 68.3 Å². The van der Waals surface area contributed by atoms with Crippen LogP contribution in [0.2, 0.25) is 0 Å². The maximum Gasteiger partial charge on any atom is 0.418 e. The van der Waals surface area contributed by atoms with E-state index in [4.69, 9.17) is 4.74 Å². The van der Waals surface area contributed by atoms with E-state index < -0.39 is 21.8 Å². The molecule has 5 aromatic carbocycles. The molecule has 0 bridgehead atoms. The van der Waals surface area contributed by atoms with Crippen molar-refractivity contribution in [2.75, 3.05) is 0 Å². The Morgan fingerprint density at radius 3 is 2.07 bits per heavy atom. The summed E-state index contributed by atoms with van der Waals surface area (Å²) in [5.74, 6) is 0.681. The Hall–Kier alpha value is -4.99. The number of pyridine rings is 1. The predicted molar refractivity (Wildman–Crippen MR) is 168 cm³/mol. The molecule has 6 rings (SSSR count). The van der Waals surface area contributed by atoms with Crippen LogP contribution >= 0.6 is 0 Å². The number of fused-ring (bicyclic) bond motifs is 1. The Labute approximate surface area is 259 Å². The number of rotatable bonds is 9. The van der Waals surface area contributed by atoms with Crippen molar-refractivity contribution in [2.45, 2.75) is 24.0 Å². The molecule has 0 aliphatic heterocycles. The molecule has 0 amide bonds. The quantitative estimate of drug-likeness (QED) is 0.175. The van der Waals surface area contributed by atoms with Crippen molar-refractivity contribution >= 4 is 20.9 Å². The summed E-state index contributed by atoms with van der Waals surface area (Å²) in [6, 6.07) is 36.0. The van der Waals surface area contributed by atoms with E-state index in [0.717, 1.165) is 22.8 Å². The highest BCUT2D eigenvalue weighted by Gasteiger charge is 2.33. The molecule has 0 radical (unpaired) electrons. The van der Waals surface area contributed by atoms with Crippen LogP contribution in [0.25, 0.3) is 22.0 Å². The van der Waals surface area contributed by atoms with Gasteiger partial charge in [0, 0.05) is 24.2 Å². The SMILES string of the molecule is O=S(=O)(NCc1ccccc1)c1cccc(Oc2cccc(-c3c(Cc4ccccc4)cnc4c(C(F)(F)F)cccc34)c2)c1. The van der Waals surface area contributed by atoms with Crippen LogP contribution in [0.4, 0.5) is 13.2 Å². The van der Waals surface area contributed by atoms with Gasteiger partial charge in [-0.15, -0.1) is 0 Å². The van der Waals surface area contributed by atoms with Gasteiger partial charge in [0.25, 0.3) is 0 Å². The van der Waals surface area contributed by atoms with Crippen LogP contribution in [0, 0.1) is 0 Å². The second-order valence-electron chi connectivity index (χ2n) is 10.4. The fraction of sp³-hybridized carbons (Fsp3) is 0.0833. The Kier molecular flexibility index (Phi) is 8.38. The number of alkyl halides is 3. The first-order valence-electron chi connectivity index (χ1n) is 14.1. The number of nitrogens with zero attached hydrogens (tertiary/aromatic N) is 1. The molecule has 226 valence electrons. The molecule has 0 saturated heterocycles. The standard InChI is InChI=1S/C36H27F3N2O3S/c37-36(38,39)33-19-9-18-32-34(28(24-40-35(32)33)20-25-10-3-1-4-11-25)27-14-7-15-29(21-27)44-30-16-8-17-31(22-30)45(42,43)41-23-26-12-5-2-6-13-26/h1-19,21-22,24,41H,20,23H2. The Morgan fingerprint density at radius 2 is 1.36 bits per heavy atom. The predicted octanol–water partition coefficient (Wildman–Crippen LogP) is 8.78. The lowest BCUT2D eigenvalue weighted by molar-refractivity contribution is -0.136. The second-order valence-corrected chi connectivity index (χ2v) is 12.2. The van der Waals surface area contributed by atoms with Gasteiger partial charge in [-0.25, -0.2) is 13.1 Å². The second kappa shape index (κ2) is 12.6. The largest absolute Gasteiger partial charge is 0.457 e. The van der Waals surface area contributed by atoms with Crippen molar-refractivity contribution in [3.05, 3.63) is 156 Å². The number of halogens is 3. The average molecular weight is 625 g/mol. The lowest BCUT2D eigenvalue weighted by Gasteiger charge is -2.17. The third-order valence-electron chi connectivity index (χ3n) is 7.30. The summed E-state index contributed by atoms with van der Waals surface area (Å²) in [5, 5.41) is 0.369. The number of aromatic nitrogens is 1. The molecule has 0 aliphatic rings. The lowest BCUT2D eigenvalue weighted by atomic mass is 9.92. The number of benzene rings is 5. The maximum atomic E-state index is 13.9. The molecule has 5 nitrogen and oxygen atoms in total. The first-order chi connectivity index (χ1) is 21.7. The third kappa shape index (κ3) is 6.90. The first-order valence-corrected chi connectivity index (χ1v) is 15.6. The van der Waals surface area contributed by atoms with Crippen LogP contribution in [0.15, 0.2) is 138 Å². The van der Waals surface area contributed by atoms with Gasteiger partial charge in [-0.05, 0) is 64.6 Å². The molecule has 0 atom stereocenters. The fourth-order valence-electron chi connectivity index (χ4n) is 5.20. The van der Waals surface area contributed by atoms with Gasteiger partial charge in [0.1, 0.15) is 11.5 Å². The highest BCUT2D eigenvalue weighted by Crippen LogP contribution is 2.40. The van der Waals surface area contributed by atoms with Crippen molar-refractivity contribution in [1.29, 1.82) is 0 Å². The molecule has 0 spiro atoms. The number of hydrogen-bond donors (Lipinski definition) is 1. The molecule has 6 aromatic rings. The monoisotopic (exact) mass is 624 g/mol. The molecule has 1 heterocycles. The molecule has 1 aromatic heterocycles. The zero-order valence-corrected chi connectivity index (χ0v) is 24.6. The fourth-order valence-corrected chi connectivity index (χ4v) is 6.25. The summed E-state index contributed by atoms with van der Waals surface area (Å²) in [6.07, 6.45) is -2.61. The van der Waals surface area contributed by atoms with Gasteiger partial charge < -0.3 is 4.74 Å². The van der Waals surface area contributed by atoms with Gasteiger partial charge in [0.2, 0.25) is 10.0 Å². The Bertz CT molecular complexity index is 2070. The Balaban J connectivity index is 1.35. The van der Waals surface area contributed by atoms with Crippen LogP contribution in [0.1, 0.15) is 22.3 Å². The van der Waals surface area contributed by atoms with Gasteiger partial charge in [-0.2, -0.15) is 13.2 Å². The zero-order valence-electron chi connectivity index (χ0n) is 23.8. The first kappa shape index (κ1) is 30.1. The van der Waals surface area contributed by atoms with E-state index in [-0.39, 0.29) is 22.7 Å². The van der Waals surface area contributed by atoms with Crippen molar-refractivity contribution in [1.82, 2.24) is 9.71 Å². The van der Waals surface area contributed by atoms with Crippen LogP contribution in [-0.2, 0) is 29.2 Å². The van der Waals surface area contributed by atoms with Crippen LogP contribution in [0.3, 0.4) is 0 Å². The lowest BCUT2D eigenvalue weighted by Crippen LogP contribution is -2.23. The van der Waals surface area contributed by atoms with E-state index in [9.17, 15) is 21.6 Å². The molecule has 45 heavy (non-hydrogen) atoms. The minimum atomic E-state index is -4.57. The van der Waals surface area contributed by atoms with Gasteiger partial charge in [0.05, 0.1) is 16.0 Å². The average Bonchev–Trinajstić information content (AvgIpc) is 3.04. The van der Waals surface area contributed by atoms with Crippen molar-refractivity contribution in [3.8, 4) is 22.6 Å². The van der Waals surface area contributed by atoms with Crippen molar-refractivity contribution < 1.29 is 26.3 Å². The minimum absolute atomic E-state index is 0.0389. The van der Waals surface area contributed by atoms with Crippen molar-refractivity contribution in [3.63, 3.8) is 0 Å². The van der Waals surface area contributed by atoms with Crippen LogP contribution in [0.5, 0.6) is 11.5 Å². The number of sulfonamides is 1. The molecule has 0 saturated carbocycles. The van der Waals surface area contributed by atoms with Crippen LogP contribution < -0.4 is 9.46 Å². The van der Waals surface area contributed by atoms with Gasteiger partial charge in [0.15, 0.2) is 0 Å². The smallest absolute Gasteiger partial charge is 0.418 e.